The highest BCUT2D eigenvalue weighted by atomic mass is 16.6. The fourth-order valence-electron chi connectivity index (χ4n) is 3.04. The number of nitrogens with one attached hydrogen (secondary N) is 1. The van der Waals surface area contributed by atoms with E-state index in [2.05, 4.69) is 17.5 Å². The Balaban J connectivity index is 1.53. The van der Waals surface area contributed by atoms with Crippen molar-refractivity contribution in [3.8, 4) is 23.0 Å². The van der Waals surface area contributed by atoms with Crippen LogP contribution in [-0.2, 0) is 11.2 Å². The van der Waals surface area contributed by atoms with E-state index < -0.39 is 11.9 Å². The maximum absolute atomic E-state index is 12.5. The van der Waals surface area contributed by atoms with Gasteiger partial charge in [-0.1, -0.05) is 19.1 Å². The van der Waals surface area contributed by atoms with Gasteiger partial charge in [0.1, 0.15) is 11.5 Å². The van der Waals surface area contributed by atoms with E-state index in [0.717, 1.165) is 6.42 Å². The third-order valence-corrected chi connectivity index (χ3v) is 4.90. The summed E-state index contributed by atoms with van der Waals surface area (Å²) in [4.78, 5) is 24.5. The van der Waals surface area contributed by atoms with E-state index in [1.807, 2.05) is 31.2 Å². The molecule has 0 aliphatic heterocycles. The van der Waals surface area contributed by atoms with Gasteiger partial charge in [0.05, 0.1) is 25.5 Å². The fraction of sp³-hybridized carbons (Fsp3) is 0.222. The van der Waals surface area contributed by atoms with Gasteiger partial charge in [-0.3, -0.25) is 4.79 Å². The zero-order valence-corrected chi connectivity index (χ0v) is 19.9. The number of rotatable bonds is 11. The van der Waals surface area contributed by atoms with Crippen LogP contribution >= 0.6 is 0 Å². The molecular weight excluding hydrogens is 448 g/mol. The number of ether oxygens (including phenoxy) is 4. The topological polar surface area (TPSA) is 95.5 Å². The molecule has 8 heteroatoms. The van der Waals surface area contributed by atoms with Crippen LogP contribution in [0.1, 0.15) is 35.3 Å². The molecule has 3 rings (SSSR count). The number of hydrogen-bond donors (Lipinski definition) is 1. The van der Waals surface area contributed by atoms with E-state index in [1.165, 1.54) is 18.9 Å². The summed E-state index contributed by atoms with van der Waals surface area (Å²) in [5, 5.41) is 3.94. The van der Waals surface area contributed by atoms with Gasteiger partial charge in [0.25, 0.3) is 5.91 Å². The van der Waals surface area contributed by atoms with Crippen molar-refractivity contribution in [2.45, 2.75) is 20.3 Å². The van der Waals surface area contributed by atoms with Crippen LogP contribution in [0.5, 0.6) is 23.0 Å². The van der Waals surface area contributed by atoms with Crippen LogP contribution in [0.25, 0.3) is 0 Å². The van der Waals surface area contributed by atoms with Crippen LogP contribution in [0.3, 0.4) is 0 Å². The molecule has 0 unspecified atom stereocenters. The molecule has 182 valence electrons. The lowest BCUT2D eigenvalue weighted by atomic mass is 10.2. The third kappa shape index (κ3) is 7.60. The molecule has 0 spiro atoms. The number of methoxy groups -OCH3 is 1. The van der Waals surface area contributed by atoms with Crippen LogP contribution < -0.4 is 24.4 Å². The highest BCUT2D eigenvalue weighted by Gasteiger charge is 2.13. The van der Waals surface area contributed by atoms with Crippen LogP contribution in [0.2, 0.25) is 0 Å². The average Bonchev–Trinajstić information content (AvgIpc) is 2.89. The Bertz CT molecular complexity index is 1160. The summed E-state index contributed by atoms with van der Waals surface area (Å²) in [7, 11) is 1.47. The third-order valence-electron chi connectivity index (χ3n) is 4.90. The normalized spacial score (nSPS) is 10.6. The summed E-state index contributed by atoms with van der Waals surface area (Å²) in [6, 6.07) is 19.2. The highest BCUT2D eigenvalue weighted by molar-refractivity contribution is 5.92. The molecule has 0 aliphatic carbocycles. The predicted molar refractivity (Wildman–Crippen MR) is 133 cm³/mol. The maximum atomic E-state index is 12.5. The van der Waals surface area contributed by atoms with E-state index in [4.69, 9.17) is 18.9 Å². The molecule has 0 saturated heterocycles. The standard InChI is InChI=1S/C27H28N2O6/c1-4-19-6-11-23(12-7-19)34-18-26(30)29-28-17-20-8-15-24(25(16-20)32-3)35-27(31)21-9-13-22(14-10-21)33-5-2/h6-17H,4-5,18H2,1-3H3,(H,29,30)/b28-17-. The molecule has 1 N–H and O–H groups in total. The van der Waals surface area contributed by atoms with Crippen LogP contribution in [-0.4, -0.2) is 38.4 Å². The van der Waals surface area contributed by atoms with Gasteiger partial charge >= 0.3 is 5.97 Å². The Labute approximate surface area is 204 Å². The number of hydrogen-bond acceptors (Lipinski definition) is 7. The number of amides is 1. The molecule has 1 amide bonds. The van der Waals surface area contributed by atoms with Gasteiger partial charge in [0.2, 0.25) is 0 Å². The molecule has 3 aromatic rings. The number of carbonyl (C=O) groups is 2. The minimum atomic E-state index is -0.524. The first-order valence-corrected chi connectivity index (χ1v) is 11.2. The maximum Gasteiger partial charge on any atom is 0.343 e. The first-order valence-electron chi connectivity index (χ1n) is 11.2. The SMILES string of the molecule is CCOc1ccc(C(=O)Oc2ccc(/C=N\NC(=O)COc3ccc(CC)cc3)cc2OC)cc1. The smallest absolute Gasteiger partial charge is 0.343 e. The first-order chi connectivity index (χ1) is 17.0. The van der Waals surface area contributed by atoms with Crippen molar-refractivity contribution in [1.82, 2.24) is 5.43 Å². The second-order valence-corrected chi connectivity index (χ2v) is 7.34. The Morgan fingerprint density at radius 1 is 0.886 bits per heavy atom. The predicted octanol–water partition coefficient (Wildman–Crippen LogP) is 4.40. The minimum Gasteiger partial charge on any atom is -0.494 e. The van der Waals surface area contributed by atoms with Gasteiger partial charge < -0.3 is 18.9 Å². The van der Waals surface area contributed by atoms with Gasteiger partial charge in [0, 0.05) is 0 Å². The van der Waals surface area contributed by atoms with Crippen molar-refractivity contribution in [1.29, 1.82) is 0 Å². The lowest BCUT2D eigenvalue weighted by molar-refractivity contribution is -0.123. The Morgan fingerprint density at radius 3 is 2.23 bits per heavy atom. The first kappa shape index (κ1) is 25.3. The van der Waals surface area contributed by atoms with E-state index in [1.54, 1.807) is 42.5 Å². The molecule has 0 bridgehead atoms. The number of hydrazone groups is 1. The second-order valence-electron chi connectivity index (χ2n) is 7.34. The van der Waals surface area contributed by atoms with E-state index in [-0.39, 0.29) is 12.4 Å². The molecular formula is C27H28N2O6. The summed E-state index contributed by atoms with van der Waals surface area (Å²) < 4.78 is 21.6. The highest BCUT2D eigenvalue weighted by Crippen LogP contribution is 2.28. The number of esters is 1. The molecule has 0 aromatic heterocycles. The van der Waals surface area contributed by atoms with Crippen molar-refractivity contribution < 1.29 is 28.5 Å². The molecule has 0 heterocycles. The molecule has 35 heavy (non-hydrogen) atoms. The van der Waals surface area contributed by atoms with Gasteiger partial charge in [-0.15, -0.1) is 0 Å². The lowest BCUT2D eigenvalue weighted by Crippen LogP contribution is -2.24. The summed E-state index contributed by atoms with van der Waals surface area (Å²) in [6.07, 6.45) is 2.39. The van der Waals surface area contributed by atoms with Crippen molar-refractivity contribution in [3.05, 3.63) is 83.4 Å². The Hall–Kier alpha value is -4.33. The average molecular weight is 477 g/mol. The number of aryl methyl sites for hydroxylation is 1. The van der Waals surface area contributed by atoms with Gasteiger partial charge in [-0.25, -0.2) is 10.2 Å². The van der Waals surface area contributed by atoms with Crippen molar-refractivity contribution in [2.75, 3.05) is 20.3 Å². The molecule has 0 saturated carbocycles. The van der Waals surface area contributed by atoms with E-state index >= 15 is 0 Å². The van der Waals surface area contributed by atoms with Crippen LogP contribution in [0, 0.1) is 0 Å². The number of nitrogens with zero attached hydrogens (tertiary/aromatic N) is 1. The summed E-state index contributed by atoms with van der Waals surface area (Å²) >= 11 is 0. The van der Waals surface area contributed by atoms with Crippen molar-refractivity contribution in [3.63, 3.8) is 0 Å². The monoisotopic (exact) mass is 476 g/mol. The van der Waals surface area contributed by atoms with Crippen LogP contribution in [0.4, 0.5) is 0 Å². The van der Waals surface area contributed by atoms with Gasteiger partial charge in [0.15, 0.2) is 18.1 Å². The number of benzene rings is 3. The summed E-state index contributed by atoms with van der Waals surface area (Å²) in [6.45, 7) is 4.34. The van der Waals surface area contributed by atoms with Crippen LogP contribution in [0.15, 0.2) is 71.8 Å². The quantitative estimate of drug-likeness (QED) is 0.191. The van der Waals surface area contributed by atoms with Gasteiger partial charge in [-0.05, 0) is 79.1 Å². The summed E-state index contributed by atoms with van der Waals surface area (Å²) in [5.41, 5.74) is 4.63. The molecule has 0 fully saturated rings. The number of carbonyl (C=O) groups excluding carboxylic acids is 2. The Kier molecular flexibility index (Phi) is 9.24. The van der Waals surface area contributed by atoms with Gasteiger partial charge in [-0.2, -0.15) is 5.10 Å². The molecule has 3 aromatic carbocycles. The van der Waals surface area contributed by atoms with E-state index in [9.17, 15) is 9.59 Å². The second kappa shape index (κ2) is 12.8. The fourth-order valence-corrected chi connectivity index (χ4v) is 3.04. The van der Waals surface area contributed by atoms with Crippen molar-refractivity contribution >= 4 is 18.1 Å². The molecule has 0 aliphatic rings. The molecule has 8 nitrogen and oxygen atoms in total. The largest absolute Gasteiger partial charge is 0.494 e. The molecule has 0 radical (unpaired) electrons. The van der Waals surface area contributed by atoms with Crippen molar-refractivity contribution in [2.24, 2.45) is 5.10 Å². The summed E-state index contributed by atoms with van der Waals surface area (Å²) in [5.74, 6) is 0.975. The zero-order valence-electron chi connectivity index (χ0n) is 19.9. The van der Waals surface area contributed by atoms with E-state index in [0.29, 0.717) is 35.0 Å². The Morgan fingerprint density at radius 2 is 1.57 bits per heavy atom. The zero-order chi connectivity index (χ0) is 25.0. The molecule has 0 atom stereocenters. The lowest BCUT2D eigenvalue weighted by Gasteiger charge is -2.10. The minimum absolute atomic E-state index is 0.160.